The van der Waals surface area contributed by atoms with Gasteiger partial charge in [-0.3, -0.25) is 0 Å². The molecule has 1 aliphatic rings. The first-order valence-electron chi connectivity index (χ1n) is 7.02. The van der Waals surface area contributed by atoms with Crippen LogP contribution in [0, 0.1) is 11.3 Å². The van der Waals surface area contributed by atoms with Crippen molar-refractivity contribution in [2.75, 3.05) is 53.2 Å². The second-order valence-electron chi connectivity index (χ2n) is 5.89. The molecule has 0 unspecified atom stereocenters. The van der Waals surface area contributed by atoms with Crippen LogP contribution in [0.15, 0.2) is 0 Å². The molecule has 0 bridgehead atoms. The molecule has 0 saturated carbocycles. The van der Waals surface area contributed by atoms with Gasteiger partial charge in [0.2, 0.25) is 0 Å². The maximum atomic E-state index is 9.74. The molecule has 0 atom stereocenters. The van der Waals surface area contributed by atoms with Gasteiger partial charge in [0.1, 0.15) is 0 Å². The van der Waals surface area contributed by atoms with Crippen LogP contribution >= 0.6 is 0 Å². The first-order valence-corrected chi connectivity index (χ1v) is 7.02. The minimum Gasteiger partial charge on any atom is -0.396 e. The van der Waals surface area contributed by atoms with Gasteiger partial charge in [-0.25, -0.2) is 0 Å². The lowest BCUT2D eigenvalue weighted by molar-refractivity contribution is -0.0381. The van der Waals surface area contributed by atoms with E-state index < -0.39 is 0 Å². The van der Waals surface area contributed by atoms with E-state index in [-0.39, 0.29) is 12.0 Å². The number of aliphatic hydroxyl groups is 1. The van der Waals surface area contributed by atoms with Crippen LogP contribution in [0.5, 0.6) is 0 Å². The van der Waals surface area contributed by atoms with E-state index in [1.807, 2.05) is 0 Å². The molecule has 4 nitrogen and oxygen atoms in total. The van der Waals surface area contributed by atoms with Crippen LogP contribution in [0.2, 0.25) is 0 Å². The summed E-state index contributed by atoms with van der Waals surface area (Å²) in [5.41, 5.74) is 0.0287. The van der Waals surface area contributed by atoms with Crippen molar-refractivity contribution < 1.29 is 14.6 Å². The Hall–Kier alpha value is -0.160. The van der Waals surface area contributed by atoms with Crippen LogP contribution in [0.1, 0.15) is 26.7 Å². The molecule has 18 heavy (non-hydrogen) atoms. The third kappa shape index (κ3) is 5.22. The Balaban J connectivity index is 2.54. The van der Waals surface area contributed by atoms with Crippen LogP contribution in [-0.4, -0.2) is 63.2 Å². The van der Waals surface area contributed by atoms with Gasteiger partial charge in [-0.15, -0.1) is 0 Å². The first-order chi connectivity index (χ1) is 8.62. The Morgan fingerprint density at radius 2 is 2.00 bits per heavy atom. The van der Waals surface area contributed by atoms with Gasteiger partial charge in [-0.05, 0) is 18.8 Å². The highest BCUT2D eigenvalue weighted by molar-refractivity contribution is 4.85. The number of aliphatic hydroxyl groups excluding tert-OH is 1. The van der Waals surface area contributed by atoms with Gasteiger partial charge in [-0.1, -0.05) is 13.8 Å². The standard InChI is InChI=1S/C14H29NO3/c1-13(2)10-15(6-9-17-3)11-14(12-16)4-7-18-8-5-14/h13,16H,4-12H2,1-3H3. The lowest BCUT2D eigenvalue weighted by Crippen LogP contribution is -2.45. The number of rotatable bonds is 8. The Kier molecular flexibility index (Phi) is 7.15. The van der Waals surface area contributed by atoms with Gasteiger partial charge in [0, 0.05) is 45.4 Å². The SMILES string of the molecule is COCCN(CC(C)C)CC1(CO)CCOCC1. The van der Waals surface area contributed by atoms with Crippen LogP contribution in [0.4, 0.5) is 0 Å². The lowest BCUT2D eigenvalue weighted by atomic mass is 9.80. The van der Waals surface area contributed by atoms with E-state index in [1.165, 1.54) is 0 Å². The van der Waals surface area contributed by atoms with Crippen molar-refractivity contribution in [3.8, 4) is 0 Å². The fourth-order valence-corrected chi connectivity index (χ4v) is 2.62. The Labute approximate surface area is 111 Å². The van der Waals surface area contributed by atoms with Crippen molar-refractivity contribution in [2.45, 2.75) is 26.7 Å². The largest absolute Gasteiger partial charge is 0.396 e. The minimum absolute atomic E-state index is 0.0287. The molecule has 0 spiro atoms. The normalized spacial score (nSPS) is 19.7. The summed E-state index contributed by atoms with van der Waals surface area (Å²) in [6.45, 7) is 9.99. The molecule has 0 aromatic heterocycles. The average Bonchev–Trinajstić information content (AvgIpc) is 2.36. The number of ether oxygens (including phenoxy) is 2. The topological polar surface area (TPSA) is 41.9 Å². The summed E-state index contributed by atoms with van der Waals surface area (Å²) in [6.07, 6.45) is 1.93. The molecule has 4 heteroatoms. The molecule has 108 valence electrons. The van der Waals surface area contributed by atoms with Crippen LogP contribution in [-0.2, 0) is 9.47 Å². The van der Waals surface area contributed by atoms with E-state index in [2.05, 4.69) is 18.7 Å². The van der Waals surface area contributed by atoms with Gasteiger partial charge in [0.25, 0.3) is 0 Å². The molecule has 1 aliphatic heterocycles. The van der Waals surface area contributed by atoms with E-state index in [0.29, 0.717) is 5.92 Å². The van der Waals surface area contributed by atoms with Crippen molar-refractivity contribution in [2.24, 2.45) is 11.3 Å². The monoisotopic (exact) mass is 259 g/mol. The van der Waals surface area contributed by atoms with Crippen molar-refractivity contribution in [1.82, 2.24) is 4.90 Å². The van der Waals surface area contributed by atoms with Gasteiger partial charge >= 0.3 is 0 Å². The highest BCUT2D eigenvalue weighted by Gasteiger charge is 2.33. The highest BCUT2D eigenvalue weighted by atomic mass is 16.5. The molecule has 1 N–H and O–H groups in total. The molecule has 0 amide bonds. The Morgan fingerprint density at radius 3 is 2.50 bits per heavy atom. The number of hydrogen-bond donors (Lipinski definition) is 1. The fourth-order valence-electron chi connectivity index (χ4n) is 2.62. The van der Waals surface area contributed by atoms with Crippen molar-refractivity contribution in [3.63, 3.8) is 0 Å². The third-order valence-corrected chi connectivity index (χ3v) is 3.68. The zero-order valence-electron chi connectivity index (χ0n) is 12.2. The first kappa shape index (κ1) is 15.9. The summed E-state index contributed by atoms with van der Waals surface area (Å²) in [5, 5.41) is 9.74. The fraction of sp³-hybridized carbons (Fsp3) is 1.00. The van der Waals surface area contributed by atoms with E-state index in [1.54, 1.807) is 7.11 Å². The summed E-state index contributed by atoms with van der Waals surface area (Å²) in [6, 6.07) is 0. The maximum Gasteiger partial charge on any atom is 0.0589 e. The van der Waals surface area contributed by atoms with Crippen LogP contribution < -0.4 is 0 Å². The van der Waals surface area contributed by atoms with Gasteiger partial charge in [0.05, 0.1) is 13.2 Å². The van der Waals surface area contributed by atoms with Gasteiger partial charge in [-0.2, -0.15) is 0 Å². The highest BCUT2D eigenvalue weighted by Crippen LogP contribution is 2.31. The number of nitrogens with zero attached hydrogens (tertiary/aromatic N) is 1. The molecule has 1 heterocycles. The van der Waals surface area contributed by atoms with Crippen LogP contribution in [0.3, 0.4) is 0 Å². The van der Waals surface area contributed by atoms with E-state index in [9.17, 15) is 5.11 Å². The summed E-state index contributed by atoms with van der Waals surface area (Å²) < 4.78 is 10.6. The molecule has 0 aromatic rings. The van der Waals surface area contributed by atoms with Crippen molar-refractivity contribution in [3.05, 3.63) is 0 Å². The van der Waals surface area contributed by atoms with Gasteiger partial charge in [0.15, 0.2) is 0 Å². The predicted molar refractivity (Wildman–Crippen MR) is 72.7 cm³/mol. The summed E-state index contributed by atoms with van der Waals surface area (Å²) in [7, 11) is 1.74. The molecule has 1 saturated heterocycles. The second-order valence-corrected chi connectivity index (χ2v) is 5.89. The Morgan fingerprint density at radius 1 is 1.33 bits per heavy atom. The minimum atomic E-state index is 0.0287. The summed E-state index contributed by atoms with van der Waals surface area (Å²) in [4.78, 5) is 2.43. The zero-order chi connectivity index (χ0) is 13.4. The third-order valence-electron chi connectivity index (χ3n) is 3.68. The quantitative estimate of drug-likeness (QED) is 0.715. The molecule has 0 radical (unpaired) electrons. The van der Waals surface area contributed by atoms with E-state index >= 15 is 0 Å². The van der Waals surface area contributed by atoms with Gasteiger partial charge < -0.3 is 19.5 Å². The molecule has 0 aliphatic carbocycles. The van der Waals surface area contributed by atoms with Crippen molar-refractivity contribution >= 4 is 0 Å². The molecule has 0 aromatic carbocycles. The second kappa shape index (κ2) is 8.10. The smallest absolute Gasteiger partial charge is 0.0589 e. The molecule has 1 fully saturated rings. The predicted octanol–water partition coefficient (Wildman–Crippen LogP) is 1.38. The Bertz CT molecular complexity index is 215. The van der Waals surface area contributed by atoms with E-state index in [4.69, 9.17) is 9.47 Å². The average molecular weight is 259 g/mol. The van der Waals surface area contributed by atoms with E-state index in [0.717, 1.165) is 52.3 Å². The molecular weight excluding hydrogens is 230 g/mol. The van der Waals surface area contributed by atoms with Crippen molar-refractivity contribution in [1.29, 1.82) is 0 Å². The zero-order valence-corrected chi connectivity index (χ0v) is 12.2. The summed E-state index contributed by atoms with van der Waals surface area (Å²) in [5.74, 6) is 0.637. The lowest BCUT2D eigenvalue weighted by Gasteiger charge is -2.40. The summed E-state index contributed by atoms with van der Waals surface area (Å²) >= 11 is 0. The van der Waals surface area contributed by atoms with Crippen LogP contribution in [0.25, 0.3) is 0 Å². The maximum absolute atomic E-state index is 9.74. The number of methoxy groups -OCH3 is 1. The molecular formula is C14H29NO3. The molecule has 1 rings (SSSR count). The number of hydrogen-bond acceptors (Lipinski definition) is 4.